The molecular formula is C11H9N3O2S. The summed E-state index contributed by atoms with van der Waals surface area (Å²) >= 11 is 1.05. The Labute approximate surface area is 101 Å². The summed E-state index contributed by atoms with van der Waals surface area (Å²) in [4.78, 5) is 28.5. The second-order valence-electron chi connectivity index (χ2n) is 3.71. The summed E-state index contributed by atoms with van der Waals surface area (Å²) < 4.78 is 1.88. The van der Waals surface area contributed by atoms with Crippen LogP contribution in [0.15, 0.2) is 30.6 Å². The van der Waals surface area contributed by atoms with Crippen LogP contribution in [0.5, 0.6) is 0 Å². The van der Waals surface area contributed by atoms with Crippen LogP contribution in [0.25, 0.3) is 5.65 Å². The molecule has 1 aliphatic rings. The molecule has 0 bridgehead atoms. The van der Waals surface area contributed by atoms with Crippen molar-refractivity contribution in [1.29, 1.82) is 0 Å². The summed E-state index contributed by atoms with van der Waals surface area (Å²) in [5, 5.41) is -0.174. The fraction of sp³-hybridized carbons (Fsp3) is 0.182. The number of carbonyl (C=O) groups is 2. The van der Waals surface area contributed by atoms with Gasteiger partial charge in [0.15, 0.2) is 0 Å². The minimum Gasteiger partial charge on any atom is -0.302 e. The fourth-order valence-corrected chi connectivity index (χ4v) is 2.56. The van der Waals surface area contributed by atoms with Crippen molar-refractivity contribution in [1.82, 2.24) is 14.3 Å². The van der Waals surface area contributed by atoms with E-state index in [1.165, 1.54) is 4.90 Å². The van der Waals surface area contributed by atoms with E-state index in [9.17, 15) is 9.59 Å². The highest BCUT2D eigenvalue weighted by molar-refractivity contribution is 8.14. The Balaban J connectivity index is 1.97. The molecule has 0 spiro atoms. The predicted molar refractivity (Wildman–Crippen MR) is 63.6 cm³/mol. The largest absolute Gasteiger partial charge is 0.302 e. The molecule has 0 radical (unpaired) electrons. The summed E-state index contributed by atoms with van der Waals surface area (Å²) in [5.74, 6) is 0.121. The second kappa shape index (κ2) is 3.89. The van der Waals surface area contributed by atoms with Gasteiger partial charge in [-0.1, -0.05) is 17.8 Å². The molecule has 2 aromatic rings. The minimum absolute atomic E-state index is 0.128. The van der Waals surface area contributed by atoms with Crippen LogP contribution in [0.3, 0.4) is 0 Å². The Kier molecular flexibility index (Phi) is 2.36. The Hall–Kier alpha value is -1.82. The van der Waals surface area contributed by atoms with Crippen LogP contribution in [-0.2, 0) is 11.3 Å². The van der Waals surface area contributed by atoms with Gasteiger partial charge >= 0.3 is 0 Å². The van der Waals surface area contributed by atoms with Crippen molar-refractivity contribution < 1.29 is 9.59 Å². The number of imide groups is 1. The third-order valence-electron chi connectivity index (χ3n) is 2.67. The summed E-state index contributed by atoms with van der Waals surface area (Å²) in [5.41, 5.74) is 1.69. The molecule has 0 saturated carbocycles. The number of pyridine rings is 1. The van der Waals surface area contributed by atoms with Crippen LogP contribution in [-0.4, -0.2) is 31.2 Å². The maximum absolute atomic E-state index is 11.5. The van der Waals surface area contributed by atoms with E-state index >= 15 is 0 Å². The summed E-state index contributed by atoms with van der Waals surface area (Å²) in [7, 11) is 0. The van der Waals surface area contributed by atoms with E-state index in [1.807, 2.05) is 28.8 Å². The number of aromatic nitrogens is 2. The molecule has 6 heteroatoms. The van der Waals surface area contributed by atoms with Crippen LogP contribution < -0.4 is 0 Å². The monoisotopic (exact) mass is 247 g/mol. The Morgan fingerprint density at radius 3 is 3.00 bits per heavy atom. The van der Waals surface area contributed by atoms with Gasteiger partial charge in [-0.2, -0.15) is 0 Å². The Morgan fingerprint density at radius 1 is 1.35 bits per heavy atom. The molecule has 0 aromatic carbocycles. The van der Waals surface area contributed by atoms with Gasteiger partial charge < -0.3 is 4.40 Å². The van der Waals surface area contributed by atoms with Crippen molar-refractivity contribution in [3.63, 3.8) is 0 Å². The van der Waals surface area contributed by atoms with Crippen molar-refractivity contribution >= 4 is 28.6 Å². The lowest BCUT2D eigenvalue weighted by molar-refractivity contribution is -0.125. The lowest BCUT2D eigenvalue weighted by atomic mass is 10.3. The number of amides is 2. The van der Waals surface area contributed by atoms with Crippen molar-refractivity contribution in [2.75, 3.05) is 5.75 Å². The Bertz CT molecular complexity index is 592. The molecule has 1 aliphatic heterocycles. The highest BCUT2D eigenvalue weighted by Gasteiger charge is 2.30. The van der Waals surface area contributed by atoms with E-state index in [0.717, 1.165) is 23.1 Å². The number of imidazole rings is 1. The molecule has 1 fully saturated rings. The average molecular weight is 247 g/mol. The van der Waals surface area contributed by atoms with Gasteiger partial charge in [-0.3, -0.25) is 14.5 Å². The van der Waals surface area contributed by atoms with Crippen molar-refractivity contribution in [3.8, 4) is 0 Å². The van der Waals surface area contributed by atoms with E-state index in [2.05, 4.69) is 4.98 Å². The zero-order valence-corrected chi connectivity index (χ0v) is 9.68. The molecule has 0 N–H and O–H groups in total. The quantitative estimate of drug-likeness (QED) is 0.807. The Morgan fingerprint density at radius 2 is 2.24 bits per heavy atom. The number of hydrogen-bond donors (Lipinski definition) is 0. The van der Waals surface area contributed by atoms with Gasteiger partial charge in [-0.05, 0) is 12.1 Å². The van der Waals surface area contributed by atoms with Crippen LogP contribution in [0.2, 0.25) is 0 Å². The number of hydrogen-bond acceptors (Lipinski definition) is 4. The summed E-state index contributed by atoms with van der Waals surface area (Å²) in [6.07, 6.45) is 3.52. The van der Waals surface area contributed by atoms with Gasteiger partial charge in [0.2, 0.25) is 5.91 Å². The highest BCUT2D eigenvalue weighted by atomic mass is 32.2. The van der Waals surface area contributed by atoms with Gasteiger partial charge in [0.05, 0.1) is 12.3 Å². The fourth-order valence-electron chi connectivity index (χ4n) is 1.83. The molecule has 0 aliphatic carbocycles. The molecule has 5 nitrogen and oxygen atoms in total. The van der Waals surface area contributed by atoms with Gasteiger partial charge in [0.1, 0.15) is 5.65 Å². The van der Waals surface area contributed by atoms with Crippen LogP contribution >= 0.6 is 11.8 Å². The molecule has 1 saturated heterocycles. The second-order valence-corrected chi connectivity index (χ2v) is 4.63. The highest BCUT2D eigenvalue weighted by Crippen LogP contribution is 2.21. The summed E-state index contributed by atoms with van der Waals surface area (Å²) in [6.45, 7) is 0.304. The lowest BCUT2D eigenvalue weighted by Crippen LogP contribution is -2.28. The molecule has 3 heterocycles. The topological polar surface area (TPSA) is 54.7 Å². The number of rotatable bonds is 2. The zero-order valence-electron chi connectivity index (χ0n) is 8.87. The normalized spacial score (nSPS) is 16.1. The van der Waals surface area contributed by atoms with Crippen molar-refractivity contribution in [3.05, 3.63) is 36.3 Å². The third kappa shape index (κ3) is 1.70. The van der Waals surface area contributed by atoms with Crippen LogP contribution in [0.4, 0.5) is 4.79 Å². The lowest BCUT2D eigenvalue weighted by Gasteiger charge is -2.13. The molecule has 2 aromatic heterocycles. The van der Waals surface area contributed by atoms with Crippen molar-refractivity contribution in [2.45, 2.75) is 6.54 Å². The maximum atomic E-state index is 11.5. The molecule has 2 amide bonds. The van der Waals surface area contributed by atoms with E-state index < -0.39 is 0 Å². The van der Waals surface area contributed by atoms with E-state index in [4.69, 9.17) is 0 Å². The first-order chi connectivity index (χ1) is 8.25. The first-order valence-corrected chi connectivity index (χ1v) is 6.12. The molecule has 17 heavy (non-hydrogen) atoms. The van der Waals surface area contributed by atoms with Gasteiger partial charge in [-0.25, -0.2) is 4.98 Å². The maximum Gasteiger partial charge on any atom is 0.289 e. The smallest absolute Gasteiger partial charge is 0.289 e. The van der Waals surface area contributed by atoms with Crippen LogP contribution in [0.1, 0.15) is 5.69 Å². The number of nitrogens with zero attached hydrogens (tertiary/aromatic N) is 3. The predicted octanol–water partition coefficient (Wildman–Crippen LogP) is 1.53. The van der Waals surface area contributed by atoms with Gasteiger partial charge in [0.25, 0.3) is 5.24 Å². The third-order valence-corrected chi connectivity index (χ3v) is 3.53. The van der Waals surface area contributed by atoms with E-state index in [0.29, 0.717) is 6.54 Å². The zero-order chi connectivity index (χ0) is 11.8. The number of carbonyl (C=O) groups excluding carboxylic acids is 2. The average Bonchev–Trinajstić information content (AvgIpc) is 2.91. The van der Waals surface area contributed by atoms with Gasteiger partial charge in [0, 0.05) is 18.1 Å². The SMILES string of the molecule is O=C1CSC(=O)N1Cc1cccc2nccn12. The molecule has 3 rings (SSSR count). The molecular weight excluding hydrogens is 238 g/mol. The van der Waals surface area contributed by atoms with Gasteiger partial charge in [-0.15, -0.1) is 0 Å². The molecule has 0 atom stereocenters. The van der Waals surface area contributed by atoms with E-state index in [1.54, 1.807) is 6.20 Å². The first kappa shape index (κ1) is 10.3. The minimum atomic E-state index is -0.174. The van der Waals surface area contributed by atoms with Crippen LogP contribution in [0, 0.1) is 0 Å². The summed E-state index contributed by atoms with van der Waals surface area (Å²) in [6, 6.07) is 5.64. The first-order valence-electron chi connectivity index (χ1n) is 5.14. The number of thioether (sulfide) groups is 1. The number of fused-ring (bicyclic) bond motifs is 1. The standard InChI is InChI=1S/C11H9N3O2S/c15-10-7-17-11(16)14(10)6-8-2-1-3-9-12-4-5-13(8)9/h1-5H,6-7H2. The van der Waals surface area contributed by atoms with E-state index in [-0.39, 0.29) is 16.9 Å². The molecule has 86 valence electrons. The van der Waals surface area contributed by atoms with Crippen molar-refractivity contribution in [2.24, 2.45) is 0 Å². The molecule has 0 unspecified atom stereocenters.